The van der Waals surface area contributed by atoms with Gasteiger partial charge in [0.1, 0.15) is 10.1 Å². The zero-order valence-electron chi connectivity index (χ0n) is 14.1. The molecule has 7 heteroatoms. The molecule has 1 aliphatic rings. The minimum atomic E-state index is -0.873. The molecule has 134 valence electrons. The van der Waals surface area contributed by atoms with Crippen LogP contribution in [-0.2, 0) is 9.59 Å². The first-order valence-electron chi connectivity index (χ1n) is 8.21. The van der Waals surface area contributed by atoms with E-state index in [0.717, 1.165) is 24.2 Å². The lowest BCUT2D eigenvalue weighted by molar-refractivity contribution is -0.137. The number of benzene rings is 1. The molecule has 0 saturated carbocycles. The van der Waals surface area contributed by atoms with E-state index in [2.05, 4.69) is 6.92 Å². The van der Waals surface area contributed by atoms with Crippen LogP contribution in [-0.4, -0.2) is 39.4 Å². The van der Waals surface area contributed by atoms with Crippen molar-refractivity contribution in [1.82, 2.24) is 4.90 Å². The van der Waals surface area contributed by atoms with Crippen LogP contribution in [0.15, 0.2) is 29.2 Å². The summed E-state index contributed by atoms with van der Waals surface area (Å²) in [7, 11) is 0. The molecular formula is C18H21NO4S2. The van der Waals surface area contributed by atoms with Gasteiger partial charge in [0.25, 0.3) is 5.91 Å². The number of carboxylic acid groups (broad SMARTS) is 1. The normalized spacial score (nSPS) is 15.9. The Morgan fingerprint density at radius 3 is 2.68 bits per heavy atom. The van der Waals surface area contributed by atoms with Crippen molar-refractivity contribution in [3.8, 4) is 5.75 Å². The molecule has 1 aliphatic heterocycles. The fourth-order valence-electron chi connectivity index (χ4n) is 2.23. The van der Waals surface area contributed by atoms with Crippen molar-refractivity contribution in [3.05, 3.63) is 34.7 Å². The summed E-state index contributed by atoms with van der Waals surface area (Å²) >= 11 is 6.48. The Kier molecular flexibility index (Phi) is 7.46. The van der Waals surface area contributed by atoms with Gasteiger partial charge in [-0.3, -0.25) is 14.5 Å². The summed E-state index contributed by atoms with van der Waals surface area (Å²) < 4.78 is 6.09. The third kappa shape index (κ3) is 5.86. The molecule has 0 aliphatic carbocycles. The number of carbonyl (C=O) groups excluding carboxylic acids is 1. The quantitative estimate of drug-likeness (QED) is 0.398. The largest absolute Gasteiger partial charge is 0.494 e. The lowest BCUT2D eigenvalue weighted by atomic mass is 10.2. The van der Waals surface area contributed by atoms with Gasteiger partial charge >= 0.3 is 5.97 Å². The monoisotopic (exact) mass is 379 g/mol. The van der Waals surface area contributed by atoms with Gasteiger partial charge < -0.3 is 9.84 Å². The molecule has 1 saturated heterocycles. The van der Waals surface area contributed by atoms with E-state index < -0.39 is 5.97 Å². The minimum absolute atomic E-state index is 0.0234. The van der Waals surface area contributed by atoms with E-state index in [-0.39, 0.29) is 12.3 Å². The van der Waals surface area contributed by atoms with Crippen LogP contribution in [0.25, 0.3) is 6.08 Å². The van der Waals surface area contributed by atoms with Crippen molar-refractivity contribution >= 4 is 46.3 Å². The topological polar surface area (TPSA) is 66.8 Å². The number of ether oxygens (including phenoxy) is 1. The second-order valence-corrected chi connectivity index (χ2v) is 7.28. The highest BCUT2D eigenvalue weighted by molar-refractivity contribution is 8.26. The smallest absolute Gasteiger partial charge is 0.303 e. The lowest BCUT2D eigenvalue weighted by Crippen LogP contribution is -2.29. The number of thioether (sulfide) groups is 1. The van der Waals surface area contributed by atoms with Gasteiger partial charge in [-0.05, 0) is 36.6 Å². The summed E-state index contributed by atoms with van der Waals surface area (Å²) in [5.41, 5.74) is 0.897. The maximum atomic E-state index is 12.4. The van der Waals surface area contributed by atoms with Gasteiger partial charge in [0.2, 0.25) is 0 Å². The van der Waals surface area contributed by atoms with Crippen LogP contribution < -0.4 is 4.74 Å². The molecule has 2 rings (SSSR count). The number of unbranched alkanes of at least 4 members (excludes halogenated alkanes) is 1. The molecule has 1 amide bonds. The van der Waals surface area contributed by atoms with Gasteiger partial charge in [0.15, 0.2) is 0 Å². The number of hydrogen-bond acceptors (Lipinski definition) is 5. The molecule has 0 bridgehead atoms. The molecule has 1 heterocycles. The number of amides is 1. The highest BCUT2D eigenvalue weighted by atomic mass is 32.2. The molecule has 1 fully saturated rings. The number of nitrogens with zero attached hydrogens (tertiary/aromatic N) is 1. The van der Waals surface area contributed by atoms with E-state index in [0.29, 0.717) is 28.8 Å². The van der Waals surface area contributed by atoms with Gasteiger partial charge in [-0.1, -0.05) is 49.5 Å². The van der Waals surface area contributed by atoms with E-state index in [9.17, 15) is 9.59 Å². The molecule has 0 aromatic heterocycles. The summed E-state index contributed by atoms with van der Waals surface area (Å²) in [6.45, 7) is 3.15. The van der Waals surface area contributed by atoms with E-state index >= 15 is 0 Å². The highest BCUT2D eigenvalue weighted by Gasteiger charge is 2.31. The number of carboxylic acids is 1. The Hall–Kier alpha value is -1.86. The van der Waals surface area contributed by atoms with Crippen LogP contribution in [0.2, 0.25) is 0 Å². The van der Waals surface area contributed by atoms with Crippen LogP contribution in [0.3, 0.4) is 0 Å². The summed E-state index contributed by atoms with van der Waals surface area (Å²) in [5, 5.41) is 8.69. The van der Waals surface area contributed by atoms with Crippen LogP contribution in [0.5, 0.6) is 5.75 Å². The molecular weight excluding hydrogens is 358 g/mol. The Labute approximate surface area is 157 Å². The first kappa shape index (κ1) is 19.5. The Morgan fingerprint density at radius 1 is 1.32 bits per heavy atom. The van der Waals surface area contributed by atoms with Crippen LogP contribution in [0, 0.1) is 0 Å². The Balaban J connectivity index is 1.97. The SMILES string of the molecule is CCCCOc1ccc(C=C2SC(=S)N(CCCC(=O)O)C2=O)cc1. The van der Waals surface area contributed by atoms with Gasteiger partial charge in [0.05, 0.1) is 11.5 Å². The molecule has 0 radical (unpaired) electrons. The first-order chi connectivity index (χ1) is 12.0. The van der Waals surface area contributed by atoms with Crippen molar-refractivity contribution in [2.45, 2.75) is 32.6 Å². The molecule has 1 aromatic rings. The van der Waals surface area contributed by atoms with E-state index in [1.807, 2.05) is 24.3 Å². The van der Waals surface area contributed by atoms with Crippen LogP contribution in [0.4, 0.5) is 0 Å². The average molecular weight is 380 g/mol. The van der Waals surface area contributed by atoms with Crippen molar-refractivity contribution < 1.29 is 19.4 Å². The van der Waals surface area contributed by atoms with Crippen molar-refractivity contribution in [1.29, 1.82) is 0 Å². The van der Waals surface area contributed by atoms with Crippen LogP contribution >= 0.6 is 24.0 Å². The third-order valence-corrected chi connectivity index (χ3v) is 4.97. The van der Waals surface area contributed by atoms with Crippen molar-refractivity contribution in [2.24, 2.45) is 0 Å². The number of carbonyl (C=O) groups is 2. The molecule has 0 spiro atoms. The van der Waals surface area contributed by atoms with Gasteiger partial charge in [-0.2, -0.15) is 0 Å². The summed E-state index contributed by atoms with van der Waals surface area (Å²) in [4.78, 5) is 25.0. The van der Waals surface area contributed by atoms with Gasteiger partial charge in [-0.15, -0.1) is 0 Å². The molecule has 1 aromatic carbocycles. The Bertz CT molecular complexity index is 670. The number of aliphatic carboxylic acids is 1. The first-order valence-corrected chi connectivity index (χ1v) is 9.43. The molecule has 25 heavy (non-hydrogen) atoms. The number of rotatable bonds is 9. The molecule has 1 N–H and O–H groups in total. The predicted molar refractivity (Wildman–Crippen MR) is 104 cm³/mol. The van der Waals surface area contributed by atoms with E-state index in [1.165, 1.54) is 16.7 Å². The van der Waals surface area contributed by atoms with Gasteiger partial charge in [0, 0.05) is 13.0 Å². The predicted octanol–water partition coefficient (Wildman–Crippen LogP) is 3.93. The summed E-state index contributed by atoms with van der Waals surface area (Å²) in [5.74, 6) is -0.224. The molecule has 0 atom stereocenters. The van der Waals surface area contributed by atoms with Crippen LogP contribution in [0.1, 0.15) is 38.2 Å². The average Bonchev–Trinajstić information content (AvgIpc) is 2.84. The standard InChI is InChI=1S/C18H21NO4S2/c1-2-3-11-23-14-8-6-13(7-9-14)12-15-17(22)19(18(24)25-15)10-4-5-16(20)21/h6-9,12H,2-5,10-11H2,1H3,(H,20,21). The molecule has 5 nitrogen and oxygen atoms in total. The maximum absolute atomic E-state index is 12.4. The zero-order chi connectivity index (χ0) is 18.2. The summed E-state index contributed by atoms with van der Waals surface area (Å²) in [6, 6.07) is 7.57. The fourth-order valence-corrected chi connectivity index (χ4v) is 3.54. The van der Waals surface area contributed by atoms with E-state index in [4.69, 9.17) is 22.1 Å². The zero-order valence-corrected chi connectivity index (χ0v) is 15.7. The van der Waals surface area contributed by atoms with E-state index in [1.54, 1.807) is 6.08 Å². The second-order valence-electron chi connectivity index (χ2n) is 5.60. The summed E-state index contributed by atoms with van der Waals surface area (Å²) in [6.07, 6.45) is 4.32. The number of thiocarbonyl (C=S) groups is 1. The highest BCUT2D eigenvalue weighted by Crippen LogP contribution is 2.32. The fraction of sp³-hybridized carbons (Fsp3) is 0.389. The van der Waals surface area contributed by atoms with Crippen molar-refractivity contribution in [3.63, 3.8) is 0 Å². The third-order valence-electron chi connectivity index (χ3n) is 3.59. The Morgan fingerprint density at radius 2 is 2.04 bits per heavy atom. The maximum Gasteiger partial charge on any atom is 0.303 e. The lowest BCUT2D eigenvalue weighted by Gasteiger charge is -2.13. The number of hydrogen-bond donors (Lipinski definition) is 1. The minimum Gasteiger partial charge on any atom is -0.494 e. The molecule has 0 unspecified atom stereocenters. The second kappa shape index (κ2) is 9.58. The van der Waals surface area contributed by atoms with Crippen molar-refractivity contribution in [2.75, 3.05) is 13.2 Å². The van der Waals surface area contributed by atoms with Gasteiger partial charge in [-0.25, -0.2) is 0 Å².